The minimum absolute atomic E-state index is 0.0378. The lowest BCUT2D eigenvalue weighted by Gasteiger charge is -2.34. The second-order valence-electron chi connectivity index (χ2n) is 17.1. The summed E-state index contributed by atoms with van der Waals surface area (Å²) in [7, 11) is -1.15. The molecule has 4 N–H and O–H groups in total. The minimum Gasteiger partial charge on any atom is -0.497 e. The Kier molecular flexibility index (Phi) is 21.4. The van der Waals surface area contributed by atoms with E-state index in [9.17, 15) is 42.0 Å². The number of benzene rings is 3. The number of amides is 3. The maximum atomic E-state index is 13.7. The van der Waals surface area contributed by atoms with Crippen LogP contribution in [0.2, 0.25) is 0 Å². The van der Waals surface area contributed by atoms with Crippen molar-refractivity contribution in [1.29, 1.82) is 0 Å². The van der Waals surface area contributed by atoms with Gasteiger partial charge in [0.15, 0.2) is 0 Å². The fourth-order valence-electron chi connectivity index (χ4n) is 7.80. The number of hydrogen-bond acceptors (Lipinski definition) is 18. The minimum atomic E-state index is -3.88. The van der Waals surface area contributed by atoms with Gasteiger partial charge in [0.2, 0.25) is 33.2 Å². The lowest BCUT2D eigenvalue weighted by atomic mass is 10.1. The average Bonchev–Trinajstić information content (AvgIpc) is 3.35. The molecule has 0 saturated carbocycles. The highest BCUT2D eigenvalue weighted by Crippen LogP contribution is 2.22. The molecule has 0 radical (unpaired) electrons. The maximum absolute atomic E-state index is 13.7. The standard InChI is InChI=1S/C49H66N8O14S/c1-7-69-47(62)33(3)52-44(59)31-56-21-19-54(18-17-51-72(65,66)38-13-11-37(67-5)12-14-38)20-22-57(32-45(60)53-34(4)48(63)70-8-2)26-24-55(23-25-56)30-43(58)50-29-35-9-15-39-42(27-35)71-41-16-10-36(49(64)68-6)28-40(41)46(39)61/h9-16,27-28,33-34,51H,7-8,17-26,29-32H2,1-6H3,(H,50,58)(H,52,59)(H,53,60)/t33-,34-/m0/s1. The van der Waals surface area contributed by atoms with Gasteiger partial charge in [0.25, 0.3) is 0 Å². The molecule has 0 aliphatic carbocycles. The quantitative estimate of drug-likeness (QED) is 0.0508. The van der Waals surface area contributed by atoms with Gasteiger partial charge in [-0.1, -0.05) is 6.07 Å². The SMILES string of the molecule is CCOC(=O)[C@H](C)NC(=O)CN1CCN(CCNS(=O)(=O)c2ccc(OC)cc2)CCN(CC(=O)N[C@@H](C)C(=O)OCC)CCN(CC(=O)NCc2ccc3c(=O)c4cc(C(=O)OC)ccc4oc3c2)CC1. The highest BCUT2D eigenvalue weighted by atomic mass is 32.2. The van der Waals surface area contributed by atoms with Crippen LogP contribution in [0.5, 0.6) is 5.75 Å². The van der Waals surface area contributed by atoms with Crippen LogP contribution >= 0.6 is 0 Å². The van der Waals surface area contributed by atoms with E-state index in [-0.39, 0.29) is 85.2 Å². The van der Waals surface area contributed by atoms with Crippen molar-refractivity contribution in [3.8, 4) is 5.75 Å². The summed E-state index contributed by atoms with van der Waals surface area (Å²) in [6.07, 6.45) is 0. The molecular weight excluding hydrogens is 957 g/mol. The molecule has 23 heteroatoms. The topological polar surface area (TPSA) is 265 Å². The van der Waals surface area contributed by atoms with Crippen LogP contribution < -0.4 is 30.8 Å². The first-order chi connectivity index (χ1) is 34.4. The van der Waals surface area contributed by atoms with E-state index in [1.165, 1.54) is 58.4 Å². The number of fused-ring (bicyclic) bond motifs is 2. The second-order valence-corrected chi connectivity index (χ2v) is 18.8. The van der Waals surface area contributed by atoms with Gasteiger partial charge < -0.3 is 39.3 Å². The lowest BCUT2D eigenvalue weighted by Crippen LogP contribution is -2.52. The highest BCUT2D eigenvalue weighted by Gasteiger charge is 2.25. The Morgan fingerprint density at radius 1 is 0.653 bits per heavy atom. The first-order valence-electron chi connectivity index (χ1n) is 23.7. The molecule has 1 saturated heterocycles. The van der Waals surface area contributed by atoms with Crippen LogP contribution in [-0.4, -0.2) is 188 Å². The number of esters is 3. The van der Waals surface area contributed by atoms with Crippen molar-refractivity contribution in [3.05, 3.63) is 82.0 Å². The number of methoxy groups -OCH3 is 2. The summed E-state index contributed by atoms with van der Waals surface area (Å²) in [5.41, 5.74) is 1.10. The van der Waals surface area contributed by atoms with Crippen LogP contribution in [-0.2, 0) is 54.8 Å². The van der Waals surface area contributed by atoms with E-state index in [0.29, 0.717) is 74.6 Å². The smallest absolute Gasteiger partial charge is 0.337 e. The van der Waals surface area contributed by atoms with Crippen molar-refractivity contribution in [3.63, 3.8) is 0 Å². The van der Waals surface area contributed by atoms with Crippen molar-refractivity contribution >= 4 is 67.6 Å². The molecule has 2 atom stereocenters. The molecule has 1 aliphatic heterocycles. The summed E-state index contributed by atoms with van der Waals surface area (Å²) in [4.78, 5) is 98.5. The molecule has 392 valence electrons. The van der Waals surface area contributed by atoms with Crippen molar-refractivity contribution < 1.29 is 60.5 Å². The Hall–Kier alpha value is -6.50. The van der Waals surface area contributed by atoms with Gasteiger partial charge >= 0.3 is 17.9 Å². The van der Waals surface area contributed by atoms with E-state index in [0.717, 1.165) is 0 Å². The summed E-state index contributed by atoms with van der Waals surface area (Å²) in [6.45, 7) is 9.35. The van der Waals surface area contributed by atoms with E-state index in [1.54, 1.807) is 44.2 Å². The first-order valence-corrected chi connectivity index (χ1v) is 25.2. The van der Waals surface area contributed by atoms with Gasteiger partial charge in [0.05, 0.1) is 68.3 Å². The van der Waals surface area contributed by atoms with Gasteiger partial charge in [-0.25, -0.2) is 27.5 Å². The first kappa shape index (κ1) is 56.4. The Labute approximate surface area is 418 Å². The second kappa shape index (κ2) is 27.4. The molecule has 72 heavy (non-hydrogen) atoms. The van der Waals surface area contributed by atoms with Crippen LogP contribution in [0, 0.1) is 0 Å². The van der Waals surface area contributed by atoms with Gasteiger partial charge in [-0.05, 0) is 87.9 Å². The van der Waals surface area contributed by atoms with Gasteiger partial charge in [-0.15, -0.1) is 0 Å². The largest absolute Gasteiger partial charge is 0.497 e. The molecule has 3 aromatic carbocycles. The molecule has 0 spiro atoms. The van der Waals surface area contributed by atoms with Gasteiger partial charge in [-0.3, -0.25) is 38.8 Å². The van der Waals surface area contributed by atoms with Crippen LogP contribution in [0.25, 0.3) is 21.9 Å². The van der Waals surface area contributed by atoms with Crippen molar-refractivity contribution in [2.24, 2.45) is 0 Å². The Morgan fingerprint density at radius 3 is 1.69 bits per heavy atom. The average molecular weight is 1020 g/mol. The number of carbonyl (C=O) groups excluding carboxylic acids is 6. The molecule has 22 nitrogen and oxygen atoms in total. The molecule has 3 amide bonds. The zero-order valence-electron chi connectivity index (χ0n) is 41.7. The van der Waals surface area contributed by atoms with Crippen molar-refractivity contribution in [1.82, 2.24) is 40.3 Å². The van der Waals surface area contributed by atoms with Crippen molar-refractivity contribution in [2.75, 3.05) is 113 Å². The van der Waals surface area contributed by atoms with Crippen LogP contribution in [0.3, 0.4) is 0 Å². The molecule has 0 bridgehead atoms. The molecule has 2 heterocycles. The van der Waals surface area contributed by atoms with Gasteiger partial charge in [-0.2, -0.15) is 0 Å². The van der Waals surface area contributed by atoms with Crippen LogP contribution in [0.15, 0.2) is 74.8 Å². The zero-order chi connectivity index (χ0) is 52.4. The molecule has 0 unspecified atom stereocenters. The third kappa shape index (κ3) is 16.8. The van der Waals surface area contributed by atoms with E-state index < -0.39 is 51.8 Å². The van der Waals surface area contributed by atoms with Crippen LogP contribution in [0.1, 0.15) is 43.6 Å². The molecule has 1 fully saturated rings. The van der Waals surface area contributed by atoms with E-state index >= 15 is 0 Å². The predicted molar refractivity (Wildman–Crippen MR) is 266 cm³/mol. The molecule has 5 rings (SSSR count). The third-order valence-corrected chi connectivity index (χ3v) is 13.3. The Morgan fingerprint density at radius 2 is 1.18 bits per heavy atom. The monoisotopic (exact) mass is 1020 g/mol. The summed E-state index contributed by atoms with van der Waals surface area (Å²) in [5.74, 6) is -2.42. The Balaban J connectivity index is 1.33. The fourth-order valence-corrected chi connectivity index (χ4v) is 8.82. The normalized spacial score (nSPS) is 15.6. The van der Waals surface area contributed by atoms with Gasteiger partial charge in [0, 0.05) is 72.0 Å². The Bertz CT molecular complexity index is 2650. The van der Waals surface area contributed by atoms with Gasteiger partial charge in [0.1, 0.15) is 29.0 Å². The summed E-state index contributed by atoms with van der Waals surface area (Å²) < 4.78 is 55.3. The number of ether oxygens (including phenoxy) is 4. The third-order valence-electron chi connectivity index (χ3n) is 11.8. The fraction of sp³-hybridized carbons (Fsp3) is 0.490. The maximum Gasteiger partial charge on any atom is 0.337 e. The number of carbonyl (C=O) groups is 6. The van der Waals surface area contributed by atoms with Crippen LogP contribution in [0.4, 0.5) is 0 Å². The highest BCUT2D eigenvalue weighted by molar-refractivity contribution is 7.89. The molecule has 4 aromatic rings. The molecule has 1 aliphatic rings. The zero-order valence-corrected chi connectivity index (χ0v) is 42.5. The molecule has 1 aromatic heterocycles. The number of rotatable bonds is 21. The van der Waals surface area contributed by atoms with E-state index in [4.69, 9.17) is 23.4 Å². The van der Waals surface area contributed by atoms with E-state index in [1.807, 2.05) is 19.6 Å². The summed E-state index contributed by atoms with van der Waals surface area (Å²) in [6, 6.07) is 13.6. The number of nitrogens with zero attached hydrogens (tertiary/aromatic N) is 4. The number of hydrogen-bond donors (Lipinski definition) is 4. The summed E-state index contributed by atoms with van der Waals surface area (Å²) in [5, 5.41) is 8.84. The predicted octanol–water partition coefficient (Wildman–Crippen LogP) is 0.693. The van der Waals surface area contributed by atoms with Crippen molar-refractivity contribution in [2.45, 2.75) is 51.2 Å². The van der Waals surface area contributed by atoms with E-state index in [2.05, 4.69) is 20.7 Å². The number of sulfonamides is 1. The summed E-state index contributed by atoms with van der Waals surface area (Å²) >= 11 is 0. The lowest BCUT2D eigenvalue weighted by molar-refractivity contribution is -0.147. The number of nitrogens with one attached hydrogen (secondary N) is 4. The molecular formula is C49H66N8O14S.